The molecular formula is C13H10ClNO2. The molecule has 2 aromatic rings. The van der Waals surface area contributed by atoms with Gasteiger partial charge in [-0.05, 0) is 17.7 Å². The Morgan fingerprint density at radius 2 is 2.24 bits per heavy atom. The third kappa shape index (κ3) is 2.27. The van der Waals surface area contributed by atoms with Gasteiger partial charge in [-0.25, -0.2) is 0 Å². The molecule has 0 saturated carbocycles. The number of ether oxygens (including phenoxy) is 1. The molecule has 0 fully saturated rings. The van der Waals surface area contributed by atoms with E-state index in [1.165, 1.54) is 0 Å². The second-order valence-corrected chi connectivity index (χ2v) is 3.81. The summed E-state index contributed by atoms with van der Waals surface area (Å²) >= 11 is 5.62. The molecule has 1 aromatic heterocycles. The van der Waals surface area contributed by atoms with Gasteiger partial charge in [0, 0.05) is 5.88 Å². The number of nitrogens with zero attached hydrogens (tertiary/aromatic N) is 1. The first-order chi connectivity index (χ1) is 8.26. The molecule has 0 saturated heterocycles. The molecule has 0 N–H and O–H groups in total. The topological polar surface area (TPSA) is 46.2 Å². The molecule has 0 aliphatic carbocycles. The molecule has 0 amide bonds. The van der Waals surface area contributed by atoms with Crippen molar-refractivity contribution in [2.45, 2.75) is 0 Å². The van der Waals surface area contributed by atoms with Crippen LogP contribution in [0.25, 0.3) is 11.0 Å². The molecule has 0 spiro atoms. The van der Waals surface area contributed by atoms with Gasteiger partial charge in [-0.2, -0.15) is 5.26 Å². The molecule has 3 nitrogen and oxygen atoms in total. The van der Waals surface area contributed by atoms with E-state index in [-0.39, 0.29) is 12.4 Å². The molecule has 2 rings (SSSR count). The number of hydrogen-bond donors (Lipinski definition) is 0. The number of benzene rings is 1. The average Bonchev–Trinajstić information content (AvgIpc) is 2.73. The third-order valence-electron chi connectivity index (χ3n) is 2.26. The van der Waals surface area contributed by atoms with Crippen molar-refractivity contribution in [3.8, 4) is 11.8 Å². The van der Waals surface area contributed by atoms with Crippen molar-refractivity contribution in [2.75, 3.05) is 12.5 Å². The highest BCUT2D eigenvalue weighted by Crippen LogP contribution is 2.32. The SMILES string of the molecule is C=C(CCl)COc1c(C#N)oc2ccccc12. The monoisotopic (exact) mass is 247 g/mol. The molecule has 86 valence electrons. The van der Waals surface area contributed by atoms with Crippen LogP contribution in [0.15, 0.2) is 40.8 Å². The highest BCUT2D eigenvalue weighted by molar-refractivity contribution is 6.19. The van der Waals surface area contributed by atoms with Crippen LogP contribution in [0.2, 0.25) is 0 Å². The molecule has 0 aliphatic rings. The number of halogens is 1. The summed E-state index contributed by atoms with van der Waals surface area (Å²) in [5.41, 5.74) is 1.39. The minimum Gasteiger partial charge on any atom is -0.484 e. The van der Waals surface area contributed by atoms with Gasteiger partial charge in [0.05, 0.1) is 5.39 Å². The fourth-order valence-electron chi connectivity index (χ4n) is 1.45. The lowest BCUT2D eigenvalue weighted by atomic mass is 10.2. The lowest BCUT2D eigenvalue weighted by molar-refractivity contribution is 0.349. The normalized spacial score (nSPS) is 10.1. The standard InChI is InChI=1S/C13H10ClNO2/c1-9(6-14)8-16-13-10-4-2-3-5-11(10)17-12(13)7-15/h2-5H,1,6,8H2. The Kier molecular flexibility index (Phi) is 3.36. The molecule has 1 aromatic carbocycles. The molecule has 1 heterocycles. The Morgan fingerprint density at radius 3 is 2.94 bits per heavy atom. The van der Waals surface area contributed by atoms with Crippen molar-refractivity contribution >= 4 is 22.6 Å². The van der Waals surface area contributed by atoms with E-state index in [0.717, 1.165) is 11.0 Å². The van der Waals surface area contributed by atoms with Gasteiger partial charge >= 0.3 is 0 Å². The zero-order valence-electron chi connectivity index (χ0n) is 9.07. The van der Waals surface area contributed by atoms with Crippen molar-refractivity contribution in [3.63, 3.8) is 0 Å². The number of fused-ring (bicyclic) bond motifs is 1. The van der Waals surface area contributed by atoms with E-state index in [1.807, 2.05) is 24.3 Å². The summed E-state index contributed by atoms with van der Waals surface area (Å²) in [5.74, 6) is 0.959. The molecule has 0 radical (unpaired) electrons. The van der Waals surface area contributed by atoms with Crippen molar-refractivity contribution in [2.24, 2.45) is 0 Å². The van der Waals surface area contributed by atoms with E-state index >= 15 is 0 Å². The Balaban J connectivity index is 2.37. The Bertz CT molecular complexity index is 595. The van der Waals surface area contributed by atoms with Crippen LogP contribution in [0.3, 0.4) is 0 Å². The van der Waals surface area contributed by atoms with Crippen molar-refractivity contribution < 1.29 is 9.15 Å². The maximum Gasteiger partial charge on any atom is 0.246 e. The quantitative estimate of drug-likeness (QED) is 0.614. The molecule has 0 unspecified atom stereocenters. The van der Waals surface area contributed by atoms with Gasteiger partial charge in [0.15, 0.2) is 5.75 Å². The van der Waals surface area contributed by atoms with Gasteiger partial charge in [-0.3, -0.25) is 0 Å². The fraction of sp³-hybridized carbons (Fsp3) is 0.154. The summed E-state index contributed by atoms with van der Waals surface area (Å²) in [6.45, 7) is 4.02. The van der Waals surface area contributed by atoms with Gasteiger partial charge in [-0.1, -0.05) is 18.7 Å². The van der Waals surface area contributed by atoms with Gasteiger partial charge in [-0.15, -0.1) is 11.6 Å². The molecule has 0 aliphatic heterocycles. The summed E-state index contributed by atoms with van der Waals surface area (Å²) in [4.78, 5) is 0. The van der Waals surface area contributed by atoms with Crippen LogP contribution in [0, 0.1) is 11.3 Å². The highest BCUT2D eigenvalue weighted by atomic mass is 35.5. The zero-order chi connectivity index (χ0) is 12.3. The number of nitriles is 1. The molecule has 0 bridgehead atoms. The predicted octanol–water partition coefficient (Wildman–Crippen LogP) is 3.48. The number of furan rings is 1. The first-order valence-electron chi connectivity index (χ1n) is 5.03. The average molecular weight is 248 g/mol. The predicted molar refractivity (Wildman–Crippen MR) is 66.3 cm³/mol. The van der Waals surface area contributed by atoms with Gasteiger partial charge < -0.3 is 9.15 Å². The summed E-state index contributed by atoms with van der Waals surface area (Å²) in [5, 5.41) is 9.75. The Labute approximate surface area is 104 Å². The summed E-state index contributed by atoms with van der Waals surface area (Å²) < 4.78 is 10.9. The van der Waals surface area contributed by atoms with E-state index in [2.05, 4.69) is 6.58 Å². The van der Waals surface area contributed by atoms with Crippen LogP contribution in [0.5, 0.6) is 5.75 Å². The largest absolute Gasteiger partial charge is 0.484 e. The van der Waals surface area contributed by atoms with Crippen LogP contribution < -0.4 is 4.74 Å². The minimum absolute atomic E-state index is 0.175. The smallest absolute Gasteiger partial charge is 0.246 e. The summed E-state index contributed by atoms with van der Waals surface area (Å²) in [6.07, 6.45) is 0. The number of alkyl halides is 1. The summed E-state index contributed by atoms with van der Waals surface area (Å²) in [6, 6.07) is 9.31. The minimum atomic E-state index is 0.175. The molecule has 4 heteroatoms. The Hall–Kier alpha value is -1.92. The van der Waals surface area contributed by atoms with E-state index in [1.54, 1.807) is 6.07 Å². The van der Waals surface area contributed by atoms with Crippen molar-refractivity contribution in [3.05, 3.63) is 42.2 Å². The van der Waals surface area contributed by atoms with Crippen LogP contribution in [-0.2, 0) is 0 Å². The van der Waals surface area contributed by atoms with Crippen molar-refractivity contribution in [1.82, 2.24) is 0 Å². The van der Waals surface area contributed by atoms with E-state index in [0.29, 0.717) is 17.2 Å². The molecule has 17 heavy (non-hydrogen) atoms. The second-order valence-electron chi connectivity index (χ2n) is 3.54. The van der Waals surface area contributed by atoms with Gasteiger partial charge in [0.1, 0.15) is 18.3 Å². The van der Waals surface area contributed by atoms with Crippen LogP contribution in [0.1, 0.15) is 5.76 Å². The number of hydrogen-bond acceptors (Lipinski definition) is 3. The fourth-order valence-corrected chi connectivity index (χ4v) is 1.53. The van der Waals surface area contributed by atoms with Crippen LogP contribution in [0.4, 0.5) is 0 Å². The molecular weight excluding hydrogens is 238 g/mol. The third-order valence-corrected chi connectivity index (χ3v) is 2.64. The first kappa shape index (κ1) is 11.6. The maximum absolute atomic E-state index is 8.97. The van der Waals surface area contributed by atoms with Gasteiger partial charge in [0.25, 0.3) is 0 Å². The number of rotatable bonds is 4. The van der Waals surface area contributed by atoms with Crippen molar-refractivity contribution in [1.29, 1.82) is 5.26 Å². The van der Waals surface area contributed by atoms with Crippen LogP contribution in [-0.4, -0.2) is 12.5 Å². The summed E-state index contributed by atoms with van der Waals surface area (Å²) in [7, 11) is 0. The lowest BCUT2D eigenvalue weighted by Gasteiger charge is -2.04. The van der Waals surface area contributed by atoms with E-state index < -0.39 is 0 Å². The van der Waals surface area contributed by atoms with E-state index in [9.17, 15) is 0 Å². The Morgan fingerprint density at radius 1 is 1.47 bits per heavy atom. The lowest BCUT2D eigenvalue weighted by Crippen LogP contribution is -2.01. The van der Waals surface area contributed by atoms with Gasteiger partial charge in [0.2, 0.25) is 5.76 Å². The number of para-hydroxylation sites is 1. The zero-order valence-corrected chi connectivity index (χ0v) is 9.83. The molecule has 0 atom stereocenters. The van der Waals surface area contributed by atoms with E-state index in [4.69, 9.17) is 26.0 Å². The second kappa shape index (κ2) is 4.94. The maximum atomic E-state index is 8.97. The highest BCUT2D eigenvalue weighted by Gasteiger charge is 2.14. The first-order valence-corrected chi connectivity index (χ1v) is 5.56. The van der Waals surface area contributed by atoms with Crippen LogP contribution >= 0.6 is 11.6 Å².